The summed E-state index contributed by atoms with van der Waals surface area (Å²) in [5.74, 6) is -2.93. The van der Waals surface area contributed by atoms with E-state index in [0.717, 1.165) is 80.5 Å². The van der Waals surface area contributed by atoms with E-state index in [-0.39, 0.29) is 0 Å². The molecule has 0 saturated heterocycles. The second-order valence-corrected chi connectivity index (χ2v) is 10.8. The number of carbonyl (C=O) groups is 3. The number of carbonyl (C=O) groups excluding carboxylic acids is 2. The Labute approximate surface area is 246 Å². The molecule has 2 aromatic carbocycles. The number of aliphatic carboxylic acids is 1. The van der Waals surface area contributed by atoms with Gasteiger partial charge in [-0.3, -0.25) is 10.1 Å². The monoisotopic (exact) mass is 585 g/mol. The number of aliphatic hydroxyl groups is 1. The average Bonchev–Trinajstić information content (AvgIpc) is 2.94. The number of urea groups is 1. The third-order valence-electron chi connectivity index (χ3n) is 6.74. The van der Waals surface area contributed by atoms with Gasteiger partial charge in [-0.2, -0.15) is 0 Å². The highest BCUT2D eigenvalue weighted by molar-refractivity contribution is 6.35. The number of imide groups is 1. The summed E-state index contributed by atoms with van der Waals surface area (Å²) in [4.78, 5) is 33.3. The highest BCUT2D eigenvalue weighted by Gasteiger charge is 2.27. The number of amides is 3. The fraction of sp³-hybridized carbons (Fsp3) is 0.516. The zero-order chi connectivity index (χ0) is 30.4. The van der Waals surface area contributed by atoms with E-state index in [1.807, 2.05) is 38.1 Å². The van der Waals surface area contributed by atoms with E-state index in [1.54, 1.807) is 23.5 Å². The zero-order valence-corrected chi connectivity index (χ0v) is 24.4. The number of aliphatic hydroxyl groups excluding tert-OH is 1. The molecule has 5 N–H and O–H groups in total. The quantitative estimate of drug-likeness (QED) is 0.143. The van der Waals surface area contributed by atoms with Gasteiger partial charge in [-0.25, -0.2) is 9.59 Å². The molecule has 42 heavy (non-hydrogen) atoms. The number of carboxylic acids is 1. The van der Waals surface area contributed by atoms with Crippen LogP contribution < -0.4 is 20.7 Å². The van der Waals surface area contributed by atoms with Crippen LogP contribution >= 0.6 is 0 Å². The van der Waals surface area contributed by atoms with Gasteiger partial charge in [0.2, 0.25) is 5.79 Å². The Hall–Kier alpha value is -3.51. The van der Waals surface area contributed by atoms with Gasteiger partial charge < -0.3 is 35.1 Å². The molecule has 0 radical (unpaired) electrons. The molecular formula is C31H43N3O8. The van der Waals surface area contributed by atoms with Gasteiger partial charge >= 0.3 is 17.9 Å². The first-order chi connectivity index (χ1) is 20.1. The normalized spacial score (nSPS) is 14.4. The molecule has 1 atom stereocenters. The predicted molar refractivity (Wildman–Crippen MR) is 157 cm³/mol. The van der Waals surface area contributed by atoms with Crippen molar-refractivity contribution in [2.45, 2.75) is 77.3 Å². The molecule has 230 valence electrons. The number of aryl methyl sites for hydroxylation is 1. The Morgan fingerprint density at radius 1 is 1.00 bits per heavy atom. The maximum Gasteiger partial charge on any atom is 0.394 e. The van der Waals surface area contributed by atoms with Gasteiger partial charge in [0.1, 0.15) is 5.75 Å². The van der Waals surface area contributed by atoms with Crippen molar-refractivity contribution in [3.05, 3.63) is 59.2 Å². The van der Waals surface area contributed by atoms with E-state index >= 15 is 0 Å². The van der Waals surface area contributed by atoms with Crippen LogP contribution in [-0.4, -0.2) is 60.2 Å². The minimum absolute atomic E-state index is 0.472. The van der Waals surface area contributed by atoms with Crippen molar-refractivity contribution in [3.63, 3.8) is 0 Å². The van der Waals surface area contributed by atoms with Crippen molar-refractivity contribution in [2.75, 3.05) is 31.6 Å². The molecule has 1 aliphatic heterocycles. The van der Waals surface area contributed by atoms with Gasteiger partial charge in [-0.15, -0.1) is 0 Å². The lowest BCUT2D eigenvalue weighted by Crippen LogP contribution is -2.38. The highest BCUT2D eigenvalue weighted by atomic mass is 16.7. The molecule has 0 saturated carbocycles. The topological polar surface area (TPSA) is 155 Å². The van der Waals surface area contributed by atoms with Crippen molar-refractivity contribution < 1.29 is 38.8 Å². The zero-order valence-electron chi connectivity index (χ0n) is 24.4. The van der Waals surface area contributed by atoms with Crippen LogP contribution in [0.4, 0.5) is 10.5 Å². The minimum atomic E-state index is -1.72. The van der Waals surface area contributed by atoms with Crippen molar-refractivity contribution >= 4 is 23.6 Å². The maximum atomic E-state index is 11.7. The largest absolute Gasteiger partial charge is 0.474 e. The number of nitrogens with one attached hydrogen (secondary N) is 3. The third kappa shape index (κ3) is 11.8. The molecule has 3 amide bonds. The van der Waals surface area contributed by atoms with Gasteiger partial charge in [0, 0.05) is 44.9 Å². The lowest BCUT2D eigenvalue weighted by atomic mass is 10.0. The number of fused-ring (bicyclic) bond motifs is 1. The summed E-state index contributed by atoms with van der Waals surface area (Å²) in [6.45, 7) is 7.02. The Morgan fingerprint density at radius 2 is 1.76 bits per heavy atom. The van der Waals surface area contributed by atoms with Crippen molar-refractivity contribution in [3.8, 4) is 5.75 Å². The summed E-state index contributed by atoms with van der Waals surface area (Å²) in [6, 6.07) is 12.1. The fourth-order valence-electron chi connectivity index (χ4n) is 4.49. The predicted octanol–water partition coefficient (Wildman–Crippen LogP) is 4.29. The van der Waals surface area contributed by atoms with E-state index < -0.39 is 29.8 Å². The second kappa shape index (κ2) is 16.8. The molecule has 11 heteroatoms. The van der Waals surface area contributed by atoms with E-state index in [2.05, 4.69) is 10.6 Å². The molecule has 2 aromatic rings. The van der Waals surface area contributed by atoms with Crippen molar-refractivity contribution in [1.82, 2.24) is 10.6 Å². The molecule has 0 aromatic heterocycles. The number of hydrogen-bond donors (Lipinski definition) is 5. The summed E-state index contributed by atoms with van der Waals surface area (Å²) in [6.07, 6.45) is 6.32. The number of benzene rings is 2. The number of carboxylic acid groups (broad SMARTS) is 1. The number of rotatable bonds is 16. The van der Waals surface area contributed by atoms with Crippen LogP contribution in [0.15, 0.2) is 42.5 Å². The number of anilines is 1. The lowest BCUT2D eigenvalue weighted by molar-refractivity contribution is -0.180. The van der Waals surface area contributed by atoms with Crippen LogP contribution in [-0.2, 0) is 32.1 Å². The van der Waals surface area contributed by atoms with E-state index in [4.69, 9.17) is 19.3 Å². The number of ether oxygens (including phenoxy) is 3. The van der Waals surface area contributed by atoms with Crippen molar-refractivity contribution in [1.29, 1.82) is 0 Å². The molecular weight excluding hydrogens is 542 g/mol. The van der Waals surface area contributed by atoms with Gasteiger partial charge in [0.05, 0.1) is 12.7 Å². The maximum absolute atomic E-state index is 11.7. The summed E-state index contributed by atoms with van der Waals surface area (Å²) < 4.78 is 17.3. The number of unbranched alkanes of at least 4 members (excludes halogenated alkanes) is 4. The van der Waals surface area contributed by atoms with Crippen LogP contribution in [0.2, 0.25) is 0 Å². The fourth-order valence-corrected chi connectivity index (χ4v) is 4.49. The molecule has 3 rings (SSSR count). The Bertz CT molecular complexity index is 1190. The molecule has 0 bridgehead atoms. The Morgan fingerprint density at radius 3 is 2.55 bits per heavy atom. The molecule has 1 aliphatic rings. The summed E-state index contributed by atoms with van der Waals surface area (Å²) >= 11 is 0. The van der Waals surface area contributed by atoms with E-state index in [0.29, 0.717) is 25.4 Å². The second-order valence-electron chi connectivity index (χ2n) is 10.8. The van der Waals surface area contributed by atoms with Crippen LogP contribution in [0.5, 0.6) is 5.75 Å². The summed E-state index contributed by atoms with van der Waals surface area (Å²) in [7, 11) is 0. The van der Waals surface area contributed by atoms with Gasteiger partial charge in [-0.1, -0.05) is 31.0 Å². The van der Waals surface area contributed by atoms with Crippen LogP contribution in [0.1, 0.15) is 75.2 Å². The molecule has 0 aliphatic carbocycles. The van der Waals surface area contributed by atoms with Crippen LogP contribution in [0.25, 0.3) is 0 Å². The number of hydrogen-bond acceptors (Lipinski definition) is 8. The van der Waals surface area contributed by atoms with E-state index in [1.165, 1.54) is 0 Å². The van der Waals surface area contributed by atoms with E-state index in [9.17, 15) is 19.5 Å². The standard InChI is InChI=1S/C31H43N3O8/c1-31(2)41-21-24-19-23(13-14-27(24)42-31)26(35)20-32-15-6-3-4-7-16-40-17-8-5-10-22-11-9-12-25(18-22)33-30(39)34-28(36)29(37)38/h9,11-14,18-19,26,32,35H,3-8,10,15-17,20-21H2,1-2H3,(H,37,38)(H2,33,34,36,39)/t26-/m1/s1. The minimum Gasteiger partial charge on any atom is -0.474 e. The molecule has 0 spiro atoms. The lowest BCUT2D eigenvalue weighted by Gasteiger charge is -2.33. The molecule has 11 nitrogen and oxygen atoms in total. The first-order valence-corrected chi connectivity index (χ1v) is 14.5. The van der Waals surface area contributed by atoms with Crippen LogP contribution in [0.3, 0.4) is 0 Å². The third-order valence-corrected chi connectivity index (χ3v) is 6.74. The van der Waals surface area contributed by atoms with Gasteiger partial charge in [0.25, 0.3) is 0 Å². The van der Waals surface area contributed by atoms with Gasteiger partial charge in [-0.05, 0) is 74.0 Å². The summed E-state index contributed by atoms with van der Waals surface area (Å²) in [5.41, 5.74) is 3.31. The SMILES string of the molecule is CC1(C)OCc2cc([C@H](O)CNCCCCCCOCCCCc3cccc(NC(=O)NC(=O)C(=O)O)c3)ccc2O1. The smallest absolute Gasteiger partial charge is 0.394 e. The first-order valence-electron chi connectivity index (χ1n) is 14.5. The molecule has 0 unspecified atom stereocenters. The summed E-state index contributed by atoms with van der Waals surface area (Å²) in [5, 5.41) is 26.6. The van der Waals surface area contributed by atoms with Crippen molar-refractivity contribution in [2.24, 2.45) is 0 Å². The molecule has 1 heterocycles. The Balaban J connectivity index is 1.16. The Kier molecular flexibility index (Phi) is 13.2. The first kappa shape index (κ1) is 33.0. The highest BCUT2D eigenvalue weighted by Crippen LogP contribution is 2.32. The molecule has 0 fully saturated rings. The van der Waals surface area contributed by atoms with Gasteiger partial charge in [0.15, 0.2) is 0 Å². The van der Waals surface area contributed by atoms with Crippen LogP contribution in [0, 0.1) is 0 Å². The average molecular weight is 586 g/mol.